The number of carbonyl (C=O) groups excluding carboxylic acids is 2. The number of fused-ring (bicyclic) bond motifs is 2. The normalized spacial score (nSPS) is 26.0. The lowest BCUT2D eigenvalue weighted by molar-refractivity contribution is -0.134. The molecule has 3 fully saturated rings. The molecular weight excluding hydrogens is 488 g/mol. The quantitative estimate of drug-likeness (QED) is 0.604. The fourth-order valence-electron chi connectivity index (χ4n) is 6.58. The van der Waals surface area contributed by atoms with E-state index in [-0.39, 0.29) is 27.9 Å². The van der Waals surface area contributed by atoms with Gasteiger partial charge in [-0.05, 0) is 66.1 Å². The maximum Gasteiger partial charge on any atom is 0.227 e. The minimum Gasteiger partial charge on any atom is -0.382 e. The summed E-state index contributed by atoms with van der Waals surface area (Å²) >= 11 is 6.05. The zero-order chi connectivity index (χ0) is 25.0. The lowest BCUT2D eigenvalue weighted by atomic mass is 9.72. The van der Waals surface area contributed by atoms with Crippen molar-refractivity contribution in [2.75, 3.05) is 39.1 Å². The van der Waals surface area contributed by atoms with Gasteiger partial charge < -0.3 is 14.5 Å². The summed E-state index contributed by atoms with van der Waals surface area (Å²) in [6.07, 6.45) is 2.97. The van der Waals surface area contributed by atoms with Crippen molar-refractivity contribution in [3.05, 3.63) is 41.4 Å². The standard InChI is InChI=1S/C26H31ClN2O5S/c1-18(30)28-9-7-25(8-10-28)15-26(17-34-2)13-21(24(31)29(26)16-25)14-35(32,33)23-6-4-19-11-22(27)5-3-20(19)12-23/h3-6,11-12,21H,7-10,13-17H2,1-2H3/t21-,26+/m1/s1. The fourth-order valence-corrected chi connectivity index (χ4v) is 8.32. The zero-order valence-electron chi connectivity index (χ0n) is 20.1. The molecule has 0 unspecified atom stereocenters. The first-order valence-electron chi connectivity index (χ1n) is 12.0. The lowest BCUT2D eigenvalue weighted by Crippen LogP contribution is -2.44. The molecule has 3 aliphatic heterocycles. The summed E-state index contributed by atoms with van der Waals surface area (Å²) in [6, 6.07) is 10.3. The van der Waals surface area contributed by atoms with Gasteiger partial charge in [-0.25, -0.2) is 8.42 Å². The molecule has 0 aromatic heterocycles. The van der Waals surface area contributed by atoms with Crippen molar-refractivity contribution >= 4 is 44.0 Å². The van der Waals surface area contributed by atoms with Crippen molar-refractivity contribution < 1.29 is 22.7 Å². The number of ether oxygens (including phenoxy) is 1. The fraction of sp³-hybridized carbons (Fsp3) is 0.538. The first-order chi connectivity index (χ1) is 16.6. The highest BCUT2D eigenvalue weighted by Gasteiger charge is 2.61. The summed E-state index contributed by atoms with van der Waals surface area (Å²) in [5, 5.41) is 2.26. The van der Waals surface area contributed by atoms with Crippen LogP contribution in [0.1, 0.15) is 32.6 Å². The summed E-state index contributed by atoms with van der Waals surface area (Å²) in [7, 11) is -2.04. The third-order valence-corrected chi connectivity index (χ3v) is 10.3. The molecule has 0 saturated carbocycles. The molecule has 188 valence electrons. The van der Waals surface area contributed by atoms with E-state index < -0.39 is 21.3 Å². The molecule has 3 aliphatic rings. The number of methoxy groups -OCH3 is 1. The molecule has 0 N–H and O–H groups in total. The summed E-state index contributed by atoms with van der Waals surface area (Å²) in [5.74, 6) is -0.809. The minimum atomic E-state index is -3.67. The second kappa shape index (κ2) is 8.75. The van der Waals surface area contributed by atoms with Crippen LogP contribution in [0.3, 0.4) is 0 Å². The van der Waals surface area contributed by atoms with E-state index >= 15 is 0 Å². The Labute approximate surface area is 211 Å². The van der Waals surface area contributed by atoms with E-state index in [0.29, 0.717) is 37.7 Å². The molecule has 5 rings (SSSR count). The number of amides is 2. The molecule has 35 heavy (non-hydrogen) atoms. The average Bonchev–Trinajstić information content (AvgIpc) is 3.22. The zero-order valence-corrected chi connectivity index (χ0v) is 21.7. The van der Waals surface area contributed by atoms with Crippen LogP contribution in [-0.4, -0.2) is 74.7 Å². The molecule has 2 aromatic rings. The highest BCUT2D eigenvalue weighted by molar-refractivity contribution is 7.91. The van der Waals surface area contributed by atoms with Gasteiger partial charge in [0.1, 0.15) is 0 Å². The number of benzene rings is 2. The van der Waals surface area contributed by atoms with Gasteiger partial charge in [-0.2, -0.15) is 0 Å². The van der Waals surface area contributed by atoms with Crippen LogP contribution in [0.5, 0.6) is 0 Å². The number of hydrogen-bond donors (Lipinski definition) is 0. The molecule has 2 amide bonds. The van der Waals surface area contributed by atoms with E-state index in [9.17, 15) is 18.0 Å². The molecule has 3 saturated heterocycles. The van der Waals surface area contributed by atoms with Crippen LogP contribution in [-0.2, 0) is 24.2 Å². The van der Waals surface area contributed by atoms with Gasteiger partial charge in [0.05, 0.1) is 28.7 Å². The molecule has 7 nitrogen and oxygen atoms in total. The van der Waals surface area contributed by atoms with Crippen LogP contribution in [0.25, 0.3) is 10.8 Å². The van der Waals surface area contributed by atoms with E-state index in [2.05, 4.69) is 0 Å². The van der Waals surface area contributed by atoms with Gasteiger partial charge in [0, 0.05) is 38.7 Å². The second-order valence-electron chi connectivity index (χ2n) is 10.6. The topological polar surface area (TPSA) is 84.0 Å². The first-order valence-corrected chi connectivity index (χ1v) is 14.1. The van der Waals surface area contributed by atoms with Gasteiger partial charge in [0.25, 0.3) is 0 Å². The maximum absolute atomic E-state index is 13.6. The third-order valence-electron chi connectivity index (χ3n) is 8.25. The largest absolute Gasteiger partial charge is 0.382 e. The lowest BCUT2D eigenvalue weighted by Gasteiger charge is -2.39. The van der Waals surface area contributed by atoms with Crippen molar-refractivity contribution in [3.8, 4) is 0 Å². The van der Waals surface area contributed by atoms with E-state index in [4.69, 9.17) is 16.3 Å². The Bertz CT molecular complexity index is 1290. The van der Waals surface area contributed by atoms with Gasteiger partial charge in [-0.1, -0.05) is 23.7 Å². The number of hydrogen-bond acceptors (Lipinski definition) is 5. The predicted octanol–water partition coefficient (Wildman–Crippen LogP) is 3.53. The van der Waals surface area contributed by atoms with Gasteiger partial charge in [-0.15, -0.1) is 0 Å². The van der Waals surface area contributed by atoms with E-state index in [1.54, 1.807) is 50.4 Å². The molecule has 2 aromatic carbocycles. The molecule has 0 radical (unpaired) electrons. The Kier molecular flexibility index (Phi) is 6.13. The van der Waals surface area contributed by atoms with Crippen molar-refractivity contribution in [3.63, 3.8) is 0 Å². The van der Waals surface area contributed by atoms with E-state index in [0.717, 1.165) is 30.0 Å². The van der Waals surface area contributed by atoms with E-state index in [1.165, 1.54) is 0 Å². The Morgan fingerprint density at radius 1 is 1.14 bits per heavy atom. The van der Waals surface area contributed by atoms with Gasteiger partial charge >= 0.3 is 0 Å². The SMILES string of the molecule is COC[C@@]12C[C@H](CS(=O)(=O)c3ccc4cc(Cl)ccc4c3)C(=O)N1CC1(CCN(C(C)=O)CC1)C2. The van der Waals surface area contributed by atoms with Crippen molar-refractivity contribution in [1.29, 1.82) is 0 Å². The van der Waals surface area contributed by atoms with Crippen LogP contribution in [0, 0.1) is 11.3 Å². The summed E-state index contributed by atoms with van der Waals surface area (Å²) in [6.45, 7) is 3.99. The third kappa shape index (κ3) is 4.34. The predicted molar refractivity (Wildman–Crippen MR) is 134 cm³/mol. The second-order valence-corrected chi connectivity index (χ2v) is 13.1. The number of piperidine rings is 1. The smallest absolute Gasteiger partial charge is 0.227 e. The summed E-state index contributed by atoms with van der Waals surface area (Å²) in [4.78, 5) is 29.3. The van der Waals surface area contributed by atoms with Crippen molar-refractivity contribution in [2.45, 2.75) is 43.0 Å². The number of likely N-dealkylation sites (tertiary alicyclic amines) is 1. The minimum absolute atomic E-state index is 0.0381. The molecule has 2 atom stereocenters. The average molecular weight is 519 g/mol. The van der Waals surface area contributed by atoms with Crippen LogP contribution in [0.15, 0.2) is 41.3 Å². The van der Waals surface area contributed by atoms with Gasteiger partial charge in [-0.3, -0.25) is 9.59 Å². The van der Waals surface area contributed by atoms with Crippen LogP contribution >= 0.6 is 11.6 Å². The van der Waals surface area contributed by atoms with Gasteiger partial charge in [0.2, 0.25) is 11.8 Å². The van der Waals surface area contributed by atoms with Gasteiger partial charge in [0.15, 0.2) is 9.84 Å². The van der Waals surface area contributed by atoms with Crippen molar-refractivity contribution in [1.82, 2.24) is 9.80 Å². The molecular formula is C26H31ClN2O5S. The summed E-state index contributed by atoms with van der Waals surface area (Å²) < 4.78 is 32.3. The highest BCUT2D eigenvalue weighted by Crippen LogP contribution is 2.54. The number of sulfone groups is 1. The molecule has 0 bridgehead atoms. The number of nitrogens with zero attached hydrogens (tertiary/aromatic N) is 2. The molecule has 3 heterocycles. The Morgan fingerprint density at radius 3 is 2.51 bits per heavy atom. The van der Waals surface area contributed by atoms with Crippen molar-refractivity contribution in [2.24, 2.45) is 11.3 Å². The van der Waals surface area contributed by atoms with Crippen LogP contribution in [0.4, 0.5) is 0 Å². The van der Waals surface area contributed by atoms with Crippen LogP contribution < -0.4 is 0 Å². The Balaban J connectivity index is 1.35. The molecule has 1 spiro atoms. The molecule has 0 aliphatic carbocycles. The summed E-state index contributed by atoms with van der Waals surface area (Å²) in [5.41, 5.74) is -0.520. The first kappa shape index (κ1) is 24.5. The van der Waals surface area contributed by atoms with E-state index in [1.807, 2.05) is 9.80 Å². The highest BCUT2D eigenvalue weighted by atomic mass is 35.5. The molecule has 9 heteroatoms. The number of halogens is 1. The number of carbonyl (C=O) groups is 2. The maximum atomic E-state index is 13.6. The Hall–Kier alpha value is -2.16. The number of rotatable bonds is 5. The van der Waals surface area contributed by atoms with Crippen LogP contribution in [0.2, 0.25) is 5.02 Å². The monoisotopic (exact) mass is 518 g/mol. The Morgan fingerprint density at radius 2 is 1.83 bits per heavy atom.